The van der Waals surface area contributed by atoms with Crippen LogP contribution >= 0.6 is 0 Å². The van der Waals surface area contributed by atoms with E-state index in [1.54, 1.807) is 6.07 Å². The Morgan fingerprint density at radius 3 is 2.92 bits per heavy atom. The number of carbonyl (C=O) groups excluding carboxylic acids is 1. The van der Waals surface area contributed by atoms with E-state index in [-0.39, 0.29) is 5.91 Å². The number of hydrogen-bond donors (Lipinski definition) is 0. The molecule has 2 rings (SSSR count). The molecule has 0 atom stereocenters. The zero-order valence-corrected chi connectivity index (χ0v) is 7.40. The van der Waals surface area contributed by atoms with Gasteiger partial charge >= 0.3 is 0 Å². The number of likely N-dealkylation sites (tertiary alicyclic amines) is 1. The molecule has 0 aromatic carbocycles. The first-order valence-electron chi connectivity index (χ1n) is 4.53. The van der Waals surface area contributed by atoms with E-state index in [0.717, 1.165) is 31.6 Å². The molecular formula is C9H12N2O2. The molecule has 1 aromatic rings. The summed E-state index contributed by atoms with van der Waals surface area (Å²) in [4.78, 5) is 13.4. The molecule has 0 bridgehead atoms. The molecule has 1 fully saturated rings. The van der Waals surface area contributed by atoms with E-state index >= 15 is 0 Å². The SMILES string of the molecule is O=C(Cc1ccon1)N1CCCC1. The monoisotopic (exact) mass is 180 g/mol. The van der Waals surface area contributed by atoms with E-state index in [2.05, 4.69) is 9.68 Å². The van der Waals surface area contributed by atoms with Gasteiger partial charge in [-0.15, -0.1) is 0 Å². The van der Waals surface area contributed by atoms with E-state index in [1.165, 1.54) is 6.26 Å². The van der Waals surface area contributed by atoms with Crippen LogP contribution < -0.4 is 0 Å². The molecule has 1 aliphatic heterocycles. The van der Waals surface area contributed by atoms with E-state index < -0.39 is 0 Å². The van der Waals surface area contributed by atoms with E-state index in [9.17, 15) is 4.79 Å². The highest BCUT2D eigenvalue weighted by molar-refractivity contribution is 5.78. The molecule has 0 saturated carbocycles. The quantitative estimate of drug-likeness (QED) is 0.677. The maximum atomic E-state index is 11.6. The Morgan fingerprint density at radius 2 is 2.31 bits per heavy atom. The van der Waals surface area contributed by atoms with Crippen LogP contribution in [0.1, 0.15) is 18.5 Å². The molecule has 1 aromatic heterocycles. The summed E-state index contributed by atoms with van der Waals surface area (Å²) in [5, 5.41) is 3.71. The standard InChI is InChI=1S/C9H12N2O2/c12-9(11-4-1-2-5-11)7-8-3-6-13-10-8/h3,6H,1-2,4-5,7H2. The van der Waals surface area contributed by atoms with E-state index in [4.69, 9.17) is 0 Å². The van der Waals surface area contributed by atoms with Crippen LogP contribution in [-0.2, 0) is 11.2 Å². The van der Waals surface area contributed by atoms with Gasteiger partial charge in [-0.05, 0) is 12.8 Å². The third-order valence-electron chi connectivity index (χ3n) is 2.28. The molecule has 1 saturated heterocycles. The number of amides is 1. The van der Waals surface area contributed by atoms with Crippen molar-refractivity contribution in [2.75, 3.05) is 13.1 Å². The maximum Gasteiger partial charge on any atom is 0.228 e. The predicted octanol–water partition coefficient (Wildman–Crippen LogP) is 0.839. The molecular weight excluding hydrogens is 168 g/mol. The fourth-order valence-corrected chi connectivity index (χ4v) is 1.56. The Bertz CT molecular complexity index is 276. The minimum absolute atomic E-state index is 0.159. The van der Waals surface area contributed by atoms with Crippen molar-refractivity contribution in [3.8, 4) is 0 Å². The van der Waals surface area contributed by atoms with Crippen LogP contribution in [0.3, 0.4) is 0 Å². The first kappa shape index (κ1) is 8.29. The average molecular weight is 180 g/mol. The lowest BCUT2D eigenvalue weighted by molar-refractivity contribution is -0.129. The summed E-state index contributed by atoms with van der Waals surface area (Å²) in [6.07, 6.45) is 4.12. The molecule has 0 spiro atoms. The highest BCUT2D eigenvalue weighted by atomic mass is 16.5. The lowest BCUT2D eigenvalue weighted by Crippen LogP contribution is -2.29. The second-order valence-electron chi connectivity index (χ2n) is 3.26. The van der Waals surface area contributed by atoms with Crippen molar-refractivity contribution in [1.29, 1.82) is 0 Å². The van der Waals surface area contributed by atoms with Crippen molar-refractivity contribution < 1.29 is 9.32 Å². The highest BCUT2D eigenvalue weighted by Crippen LogP contribution is 2.09. The van der Waals surface area contributed by atoms with Crippen LogP contribution in [-0.4, -0.2) is 29.1 Å². The van der Waals surface area contributed by atoms with Gasteiger partial charge in [0.15, 0.2) is 0 Å². The predicted molar refractivity (Wildman–Crippen MR) is 46.0 cm³/mol. The second kappa shape index (κ2) is 3.60. The molecule has 70 valence electrons. The van der Waals surface area contributed by atoms with Crippen LogP contribution in [0.5, 0.6) is 0 Å². The number of rotatable bonds is 2. The molecule has 13 heavy (non-hydrogen) atoms. The van der Waals surface area contributed by atoms with Gasteiger partial charge in [0.25, 0.3) is 0 Å². The smallest absolute Gasteiger partial charge is 0.228 e. The highest BCUT2D eigenvalue weighted by Gasteiger charge is 2.18. The number of aromatic nitrogens is 1. The third-order valence-corrected chi connectivity index (χ3v) is 2.28. The number of nitrogens with zero attached hydrogens (tertiary/aromatic N) is 2. The molecule has 0 aliphatic carbocycles. The van der Waals surface area contributed by atoms with Crippen molar-refractivity contribution >= 4 is 5.91 Å². The topological polar surface area (TPSA) is 46.3 Å². The van der Waals surface area contributed by atoms with Gasteiger partial charge < -0.3 is 9.42 Å². The van der Waals surface area contributed by atoms with Crippen LogP contribution in [0.2, 0.25) is 0 Å². The molecule has 2 heterocycles. The lowest BCUT2D eigenvalue weighted by atomic mass is 10.3. The number of carbonyl (C=O) groups is 1. The molecule has 4 nitrogen and oxygen atoms in total. The van der Waals surface area contributed by atoms with E-state index in [1.807, 2.05) is 4.90 Å². The Kier molecular flexibility index (Phi) is 2.29. The van der Waals surface area contributed by atoms with Crippen LogP contribution in [0.25, 0.3) is 0 Å². The molecule has 1 amide bonds. The van der Waals surface area contributed by atoms with Gasteiger partial charge in [-0.25, -0.2) is 0 Å². The summed E-state index contributed by atoms with van der Waals surface area (Å²) >= 11 is 0. The van der Waals surface area contributed by atoms with Crippen LogP contribution in [0.4, 0.5) is 0 Å². The van der Waals surface area contributed by atoms with Crippen molar-refractivity contribution in [1.82, 2.24) is 10.1 Å². The molecule has 0 N–H and O–H groups in total. The Hall–Kier alpha value is -1.32. The maximum absolute atomic E-state index is 11.6. The van der Waals surface area contributed by atoms with Crippen LogP contribution in [0, 0.1) is 0 Å². The normalized spacial score (nSPS) is 16.5. The number of hydrogen-bond acceptors (Lipinski definition) is 3. The summed E-state index contributed by atoms with van der Waals surface area (Å²) in [5.74, 6) is 0.159. The van der Waals surface area contributed by atoms with E-state index in [0.29, 0.717) is 6.42 Å². The van der Waals surface area contributed by atoms with Gasteiger partial charge in [0.1, 0.15) is 6.26 Å². The first-order chi connectivity index (χ1) is 6.36. The summed E-state index contributed by atoms with van der Waals surface area (Å²) in [5.41, 5.74) is 0.719. The molecule has 0 unspecified atom stereocenters. The molecule has 1 aliphatic rings. The lowest BCUT2D eigenvalue weighted by Gasteiger charge is -2.13. The van der Waals surface area contributed by atoms with Gasteiger partial charge in [0.2, 0.25) is 5.91 Å². The minimum Gasteiger partial charge on any atom is -0.364 e. The van der Waals surface area contributed by atoms with Crippen molar-refractivity contribution in [2.45, 2.75) is 19.3 Å². The van der Waals surface area contributed by atoms with Crippen molar-refractivity contribution in [3.63, 3.8) is 0 Å². The summed E-state index contributed by atoms with van der Waals surface area (Å²) in [7, 11) is 0. The summed E-state index contributed by atoms with van der Waals surface area (Å²) in [6, 6.07) is 1.73. The zero-order valence-electron chi connectivity index (χ0n) is 7.40. The zero-order chi connectivity index (χ0) is 9.10. The minimum atomic E-state index is 0.159. The van der Waals surface area contributed by atoms with Gasteiger partial charge in [0.05, 0.1) is 12.1 Å². The van der Waals surface area contributed by atoms with Crippen molar-refractivity contribution in [2.24, 2.45) is 0 Å². The average Bonchev–Trinajstić information content (AvgIpc) is 2.74. The summed E-state index contributed by atoms with van der Waals surface area (Å²) in [6.45, 7) is 1.80. The van der Waals surface area contributed by atoms with Crippen LogP contribution in [0.15, 0.2) is 16.9 Å². The molecule has 4 heteroatoms. The summed E-state index contributed by atoms with van der Waals surface area (Å²) < 4.78 is 4.66. The fourth-order valence-electron chi connectivity index (χ4n) is 1.56. The van der Waals surface area contributed by atoms with Gasteiger partial charge in [-0.2, -0.15) is 0 Å². The van der Waals surface area contributed by atoms with Gasteiger partial charge in [0, 0.05) is 19.2 Å². The third kappa shape index (κ3) is 1.88. The second-order valence-corrected chi connectivity index (χ2v) is 3.26. The largest absolute Gasteiger partial charge is 0.364 e. The Morgan fingerprint density at radius 1 is 1.54 bits per heavy atom. The fraction of sp³-hybridized carbons (Fsp3) is 0.556. The molecule has 0 radical (unpaired) electrons. The van der Waals surface area contributed by atoms with Gasteiger partial charge in [-0.3, -0.25) is 4.79 Å². The Labute approximate surface area is 76.5 Å². The first-order valence-corrected chi connectivity index (χ1v) is 4.53. The van der Waals surface area contributed by atoms with Gasteiger partial charge in [-0.1, -0.05) is 5.16 Å². The Balaban J connectivity index is 1.91. The van der Waals surface area contributed by atoms with Crippen molar-refractivity contribution in [3.05, 3.63) is 18.0 Å².